The van der Waals surface area contributed by atoms with Crippen LogP contribution in [0.4, 0.5) is 0 Å². The van der Waals surface area contributed by atoms with Crippen LogP contribution in [0, 0.1) is 22.7 Å². The van der Waals surface area contributed by atoms with Gasteiger partial charge < -0.3 is 4.98 Å². The minimum absolute atomic E-state index is 0.242. The van der Waals surface area contributed by atoms with Crippen LogP contribution in [0.25, 0.3) is 11.0 Å². The predicted molar refractivity (Wildman–Crippen MR) is 50.1 cm³/mol. The van der Waals surface area contributed by atoms with Gasteiger partial charge in [-0.1, -0.05) is 6.07 Å². The second kappa shape index (κ2) is 3.20. The van der Waals surface area contributed by atoms with Gasteiger partial charge in [-0.3, -0.25) is 0 Å². The fourth-order valence-electron chi connectivity index (χ4n) is 1.41. The van der Waals surface area contributed by atoms with E-state index in [0.717, 1.165) is 11.1 Å². The molecule has 0 radical (unpaired) electrons. The Bertz CT molecular complexity index is 553. The summed E-state index contributed by atoms with van der Waals surface area (Å²) in [6, 6.07) is 7.71. The van der Waals surface area contributed by atoms with Crippen molar-refractivity contribution in [2.45, 2.75) is 6.42 Å². The zero-order chi connectivity index (χ0) is 9.97. The average Bonchev–Trinajstić information content (AvgIpc) is 2.66. The van der Waals surface area contributed by atoms with Gasteiger partial charge in [-0.05, 0) is 11.6 Å². The van der Waals surface area contributed by atoms with Gasteiger partial charge in [0.1, 0.15) is 11.6 Å². The number of rotatable bonds is 1. The highest BCUT2D eigenvalue weighted by Crippen LogP contribution is 2.18. The fraction of sp³-hybridized carbons (Fsp3) is 0.100. The minimum atomic E-state index is 0.242. The zero-order valence-electron chi connectivity index (χ0n) is 7.28. The second-order valence-electron chi connectivity index (χ2n) is 2.85. The number of hydrogen-bond acceptors (Lipinski definition) is 3. The molecule has 2 rings (SSSR count). The van der Waals surface area contributed by atoms with E-state index in [1.807, 2.05) is 12.1 Å². The van der Waals surface area contributed by atoms with Gasteiger partial charge in [0, 0.05) is 0 Å². The highest BCUT2D eigenvalue weighted by atomic mass is 14.9. The third-order valence-electron chi connectivity index (χ3n) is 2.06. The summed E-state index contributed by atoms with van der Waals surface area (Å²) in [7, 11) is 0. The molecule has 0 aliphatic heterocycles. The largest absolute Gasteiger partial charge is 0.345 e. The quantitative estimate of drug-likeness (QED) is 0.726. The molecule has 0 atom stereocenters. The molecular weight excluding hydrogens is 176 g/mol. The van der Waals surface area contributed by atoms with Crippen molar-refractivity contribution in [3.05, 3.63) is 29.6 Å². The number of H-pyrrole nitrogens is 1. The Morgan fingerprint density at radius 2 is 2.21 bits per heavy atom. The van der Waals surface area contributed by atoms with Crippen molar-refractivity contribution < 1.29 is 0 Å². The Balaban J connectivity index is 2.75. The molecule has 0 saturated carbocycles. The van der Waals surface area contributed by atoms with Gasteiger partial charge in [0.25, 0.3) is 0 Å². The molecule has 1 N–H and O–H groups in total. The summed E-state index contributed by atoms with van der Waals surface area (Å²) in [5, 5.41) is 17.5. The summed E-state index contributed by atoms with van der Waals surface area (Å²) in [6.45, 7) is 0. The number of aromatic amines is 1. The van der Waals surface area contributed by atoms with Crippen LogP contribution < -0.4 is 0 Å². The number of hydrogen-bond donors (Lipinski definition) is 1. The molecule has 4 nitrogen and oxygen atoms in total. The summed E-state index contributed by atoms with van der Waals surface area (Å²) < 4.78 is 0. The molecule has 14 heavy (non-hydrogen) atoms. The van der Waals surface area contributed by atoms with Crippen molar-refractivity contribution in [1.82, 2.24) is 9.97 Å². The number of nitrogens with zero attached hydrogens (tertiary/aromatic N) is 3. The highest BCUT2D eigenvalue weighted by molar-refractivity contribution is 5.82. The van der Waals surface area contributed by atoms with Crippen molar-refractivity contribution in [3.63, 3.8) is 0 Å². The van der Waals surface area contributed by atoms with E-state index >= 15 is 0 Å². The zero-order valence-corrected chi connectivity index (χ0v) is 7.28. The maximum Gasteiger partial charge on any atom is 0.106 e. The van der Waals surface area contributed by atoms with Gasteiger partial charge >= 0.3 is 0 Å². The molecule has 0 saturated heterocycles. The molecule has 66 valence electrons. The van der Waals surface area contributed by atoms with E-state index in [4.69, 9.17) is 10.5 Å². The van der Waals surface area contributed by atoms with Crippen LogP contribution >= 0.6 is 0 Å². The van der Waals surface area contributed by atoms with Gasteiger partial charge in [0.15, 0.2) is 0 Å². The summed E-state index contributed by atoms with van der Waals surface area (Å²) in [5.41, 5.74) is 2.68. The number of fused-ring (bicyclic) bond motifs is 1. The highest BCUT2D eigenvalue weighted by Gasteiger charge is 2.08. The van der Waals surface area contributed by atoms with Crippen molar-refractivity contribution in [3.8, 4) is 12.1 Å². The van der Waals surface area contributed by atoms with Gasteiger partial charge in [-0.25, -0.2) is 4.98 Å². The third-order valence-corrected chi connectivity index (χ3v) is 2.06. The predicted octanol–water partition coefficient (Wildman–Crippen LogP) is 1.50. The van der Waals surface area contributed by atoms with Crippen LogP contribution in [-0.4, -0.2) is 9.97 Å². The lowest BCUT2D eigenvalue weighted by Gasteiger charge is -1.98. The first-order chi connectivity index (χ1) is 6.86. The maximum absolute atomic E-state index is 8.95. The first kappa shape index (κ1) is 8.28. The summed E-state index contributed by atoms with van der Waals surface area (Å²) in [5.74, 6) is 0. The molecule has 1 aromatic carbocycles. The Morgan fingerprint density at radius 3 is 2.93 bits per heavy atom. The van der Waals surface area contributed by atoms with Crippen molar-refractivity contribution in [2.24, 2.45) is 0 Å². The fourth-order valence-corrected chi connectivity index (χ4v) is 1.41. The van der Waals surface area contributed by atoms with Crippen molar-refractivity contribution in [1.29, 1.82) is 10.5 Å². The van der Waals surface area contributed by atoms with Crippen LogP contribution in [0.3, 0.4) is 0 Å². The molecule has 0 spiro atoms. The Kier molecular flexibility index (Phi) is 1.89. The van der Waals surface area contributed by atoms with E-state index in [2.05, 4.69) is 16.0 Å². The lowest BCUT2D eigenvalue weighted by Crippen LogP contribution is -1.89. The minimum Gasteiger partial charge on any atom is -0.345 e. The first-order valence-corrected chi connectivity index (χ1v) is 4.09. The number of benzene rings is 1. The Hall–Kier alpha value is -2.33. The lowest BCUT2D eigenvalue weighted by atomic mass is 10.0. The van der Waals surface area contributed by atoms with E-state index < -0.39 is 0 Å². The molecular formula is C10H6N4. The molecule has 2 aromatic rings. The SMILES string of the molecule is N#CCc1ccc2[nH]cnc2c1C#N. The molecule has 0 aliphatic carbocycles. The van der Waals surface area contributed by atoms with Crippen LogP contribution in [0.2, 0.25) is 0 Å². The summed E-state index contributed by atoms with van der Waals surface area (Å²) in [6.07, 6.45) is 1.79. The van der Waals surface area contributed by atoms with Gasteiger partial charge in [-0.2, -0.15) is 10.5 Å². The van der Waals surface area contributed by atoms with Crippen molar-refractivity contribution in [2.75, 3.05) is 0 Å². The Morgan fingerprint density at radius 1 is 1.36 bits per heavy atom. The molecule has 0 aliphatic rings. The standard InChI is InChI=1S/C10H6N4/c11-4-3-7-1-2-9-10(8(7)5-12)14-6-13-9/h1-2,6H,3H2,(H,13,14). The van der Waals surface area contributed by atoms with Gasteiger partial charge in [0.05, 0.1) is 29.9 Å². The topological polar surface area (TPSA) is 76.3 Å². The maximum atomic E-state index is 8.95. The van der Waals surface area contributed by atoms with Gasteiger partial charge in [-0.15, -0.1) is 0 Å². The van der Waals surface area contributed by atoms with E-state index in [9.17, 15) is 0 Å². The molecule has 0 unspecified atom stereocenters. The van der Waals surface area contributed by atoms with Crippen LogP contribution in [0.15, 0.2) is 18.5 Å². The second-order valence-corrected chi connectivity index (χ2v) is 2.85. The summed E-state index contributed by atoms with van der Waals surface area (Å²) >= 11 is 0. The van der Waals surface area contributed by atoms with Crippen molar-refractivity contribution >= 4 is 11.0 Å². The number of aromatic nitrogens is 2. The number of nitriles is 2. The monoisotopic (exact) mass is 182 g/mol. The van der Waals surface area contributed by atoms with E-state index in [1.165, 1.54) is 0 Å². The van der Waals surface area contributed by atoms with Crippen LogP contribution in [0.5, 0.6) is 0 Å². The molecule has 0 amide bonds. The number of nitrogens with one attached hydrogen (secondary N) is 1. The van der Waals surface area contributed by atoms with E-state index in [-0.39, 0.29) is 6.42 Å². The van der Waals surface area contributed by atoms with E-state index in [0.29, 0.717) is 11.1 Å². The molecule has 0 bridgehead atoms. The first-order valence-electron chi connectivity index (χ1n) is 4.09. The lowest BCUT2D eigenvalue weighted by molar-refractivity contribution is 1.25. The molecule has 4 heteroatoms. The third kappa shape index (κ3) is 1.10. The summed E-state index contributed by atoms with van der Waals surface area (Å²) in [4.78, 5) is 6.96. The smallest absolute Gasteiger partial charge is 0.106 e. The average molecular weight is 182 g/mol. The van der Waals surface area contributed by atoms with Gasteiger partial charge in [0.2, 0.25) is 0 Å². The van der Waals surface area contributed by atoms with Crippen LogP contribution in [-0.2, 0) is 6.42 Å². The molecule has 1 heterocycles. The normalized spacial score (nSPS) is 9.57. The Labute approximate surface area is 80.4 Å². The van der Waals surface area contributed by atoms with Crippen LogP contribution in [0.1, 0.15) is 11.1 Å². The number of imidazole rings is 1. The molecule has 0 fully saturated rings. The van der Waals surface area contributed by atoms with E-state index in [1.54, 1.807) is 12.4 Å². The molecule has 1 aromatic heterocycles.